The monoisotopic (exact) mass is 313 g/mol. The summed E-state index contributed by atoms with van der Waals surface area (Å²) < 4.78 is 5.02. The molecular weight excluding hydrogens is 282 g/mol. The molecule has 2 aliphatic rings. The van der Waals surface area contributed by atoms with Crippen molar-refractivity contribution in [1.82, 2.24) is 14.7 Å². The highest BCUT2D eigenvalue weighted by atomic mass is 16.6. The Morgan fingerprint density at radius 3 is 2.18 bits per heavy atom. The first-order valence-corrected chi connectivity index (χ1v) is 8.63. The number of aliphatic hydroxyl groups is 1. The topological polar surface area (TPSA) is 56.3 Å². The van der Waals surface area contributed by atoms with Gasteiger partial charge in [0, 0.05) is 39.3 Å². The van der Waals surface area contributed by atoms with Gasteiger partial charge < -0.3 is 19.6 Å². The number of β-amino-alcohol motifs (C(OH)–C–C–N with tert-alkyl or cyclic N) is 1. The lowest BCUT2D eigenvalue weighted by molar-refractivity contribution is 0.0386. The van der Waals surface area contributed by atoms with E-state index in [1.165, 1.54) is 12.8 Å². The first-order valence-electron chi connectivity index (χ1n) is 8.63. The zero-order chi connectivity index (χ0) is 15.9. The molecule has 0 aromatic heterocycles. The lowest BCUT2D eigenvalue weighted by Crippen LogP contribution is -2.51. The molecule has 0 aromatic rings. The molecule has 0 bridgehead atoms. The lowest BCUT2D eigenvalue weighted by atomic mass is 9.99. The van der Waals surface area contributed by atoms with E-state index in [2.05, 4.69) is 16.7 Å². The van der Waals surface area contributed by atoms with Crippen LogP contribution in [0.5, 0.6) is 0 Å². The van der Waals surface area contributed by atoms with E-state index in [0.717, 1.165) is 38.6 Å². The summed E-state index contributed by atoms with van der Waals surface area (Å²) in [5.74, 6) is 0.823. The Bertz CT molecular complexity index is 338. The van der Waals surface area contributed by atoms with E-state index in [-0.39, 0.29) is 12.2 Å². The Labute approximate surface area is 134 Å². The molecule has 0 aliphatic carbocycles. The number of hydrogen-bond donors (Lipinski definition) is 1. The third kappa shape index (κ3) is 5.41. The van der Waals surface area contributed by atoms with E-state index in [1.807, 2.05) is 6.92 Å². The maximum Gasteiger partial charge on any atom is 0.409 e. The van der Waals surface area contributed by atoms with Crippen molar-refractivity contribution >= 4 is 6.09 Å². The van der Waals surface area contributed by atoms with Crippen LogP contribution in [0.4, 0.5) is 4.79 Å². The van der Waals surface area contributed by atoms with Gasteiger partial charge >= 0.3 is 6.09 Å². The van der Waals surface area contributed by atoms with Gasteiger partial charge in [-0.2, -0.15) is 0 Å². The number of carbonyl (C=O) groups excluding carboxylic acids is 1. The molecule has 0 unspecified atom stereocenters. The van der Waals surface area contributed by atoms with Crippen LogP contribution in [0.1, 0.15) is 26.7 Å². The second-order valence-electron chi connectivity index (χ2n) is 6.62. The molecule has 128 valence electrons. The van der Waals surface area contributed by atoms with E-state index in [1.54, 1.807) is 4.90 Å². The maximum absolute atomic E-state index is 11.6. The quantitative estimate of drug-likeness (QED) is 0.816. The highest BCUT2D eigenvalue weighted by Crippen LogP contribution is 2.16. The molecular formula is C16H31N3O3. The Balaban J connectivity index is 1.64. The van der Waals surface area contributed by atoms with Gasteiger partial charge in [-0.1, -0.05) is 6.92 Å². The average molecular weight is 313 g/mol. The molecule has 2 heterocycles. The van der Waals surface area contributed by atoms with Gasteiger partial charge in [-0.25, -0.2) is 4.79 Å². The molecule has 0 aromatic carbocycles. The Morgan fingerprint density at radius 2 is 1.64 bits per heavy atom. The minimum Gasteiger partial charge on any atom is -0.450 e. The average Bonchev–Trinajstić information content (AvgIpc) is 2.50. The maximum atomic E-state index is 11.6. The molecule has 0 saturated carbocycles. The number of likely N-dealkylation sites (tertiary alicyclic amines) is 1. The number of rotatable bonds is 5. The van der Waals surface area contributed by atoms with Gasteiger partial charge in [-0.05, 0) is 38.8 Å². The Hall–Kier alpha value is -0.850. The first-order chi connectivity index (χ1) is 10.6. The summed E-state index contributed by atoms with van der Waals surface area (Å²) in [7, 11) is 0. The molecule has 2 saturated heterocycles. The molecule has 0 radical (unpaired) electrons. The summed E-state index contributed by atoms with van der Waals surface area (Å²) in [6, 6.07) is 0. The van der Waals surface area contributed by atoms with E-state index in [4.69, 9.17) is 4.74 Å². The molecule has 1 N–H and O–H groups in total. The summed E-state index contributed by atoms with van der Waals surface area (Å²) in [5.41, 5.74) is 0. The van der Waals surface area contributed by atoms with Crippen molar-refractivity contribution in [3.63, 3.8) is 0 Å². The molecule has 0 spiro atoms. The van der Waals surface area contributed by atoms with Crippen molar-refractivity contribution in [2.24, 2.45) is 5.92 Å². The number of piperidine rings is 1. The van der Waals surface area contributed by atoms with Gasteiger partial charge in [0.25, 0.3) is 0 Å². The van der Waals surface area contributed by atoms with Gasteiger partial charge in [-0.3, -0.25) is 4.90 Å². The van der Waals surface area contributed by atoms with Crippen molar-refractivity contribution in [3.8, 4) is 0 Å². The summed E-state index contributed by atoms with van der Waals surface area (Å²) in [6.07, 6.45) is 1.96. The molecule has 2 rings (SSSR count). The zero-order valence-electron chi connectivity index (χ0n) is 14.0. The van der Waals surface area contributed by atoms with Crippen LogP contribution >= 0.6 is 0 Å². The standard InChI is InChI=1S/C16H31N3O3/c1-3-22-16(21)19-10-8-18(9-11-19)13-15(20)12-17-6-4-14(2)5-7-17/h14-15,20H,3-13H2,1-2H3/t15-/m0/s1. The molecule has 1 amide bonds. The molecule has 22 heavy (non-hydrogen) atoms. The van der Waals surface area contributed by atoms with Crippen LogP contribution < -0.4 is 0 Å². The number of piperazine rings is 1. The molecule has 6 nitrogen and oxygen atoms in total. The van der Waals surface area contributed by atoms with E-state index in [0.29, 0.717) is 26.2 Å². The second-order valence-corrected chi connectivity index (χ2v) is 6.62. The first kappa shape index (κ1) is 17.5. The fraction of sp³-hybridized carbons (Fsp3) is 0.938. The number of aliphatic hydroxyl groups excluding tert-OH is 1. The van der Waals surface area contributed by atoms with Gasteiger partial charge in [0.05, 0.1) is 12.7 Å². The normalized spacial score (nSPS) is 23.5. The fourth-order valence-corrected chi connectivity index (χ4v) is 3.23. The third-order valence-corrected chi connectivity index (χ3v) is 4.71. The largest absolute Gasteiger partial charge is 0.450 e. The number of nitrogens with zero attached hydrogens (tertiary/aromatic N) is 3. The van der Waals surface area contributed by atoms with Gasteiger partial charge in [0.1, 0.15) is 0 Å². The second kappa shape index (κ2) is 8.70. The number of ether oxygens (including phenoxy) is 1. The third-order valence-electron chi connectivity index (χ3n) is 4.71. The summed E-state index contributed by atoms with van der Waals surface area (Å²) in [4.78, 5) is 18.0. The van der Waals surface area contributed by atoms with Gasteiger partial charge in [-0.15, -0.1) is 0 Å². The Morgan fingerprint density at radius 1 is 1.09 bits per heavy atom. The molecule has 2 aliphatic heterocycles. The SMILES string of the molecule is CCOC(=O)N1CCN(C[C@@H](O)CN2CCC(C)CC2)CC1. The smallest absolute Gasteiger partial charge is 0.409 e. The Kier molecular flexibility index (Phi) is 6.92. The van der Waals surface area contributed by atoms with Crippen molar-refractivity contribution < 1.29 is 14.6 Å². The van der Waals surface area contributed by atoms with Crippen LogP contribution in [0, 0.1) is 5.92 Å². The van der Waals surface area contributed by atoms with Crippen LogP contribution in [-0.2, 0) is 4.74 Å². The van der Waals surface area contributed by atoms with Gasteiger partial charge in [0.2, 0.25) is 0 Å². The summed E-state index contributed by atoms with van der Waals surface area (Å²) in [6.45, 7) is 11.2. The number of carbonyl (C=O) groups is 1. The van der Waals surface area contributed by atoms with Crippen LogP contribution in [0.15, 0.2) is 0 Å². The molecule has 2 fully saturated rings. The predicted octanol–water partition coefficient (Wildman–Crippen LogP) is 0.853. The molecule has 6 heteroatoms. The summed E-state index contributed by atoms with van der Waals surface area (Å²) in [5, 5.41) is 10.3. The number of hydrogen-bond acceptors (Lipinski definition) is 5. The lowest BCUT2D eigenvalue weighted by Gasteiger charge is -2.36. The van der Waals surface area contributed by atoms with Crippen LogP contribution in [-0.4, -0.2) is 91.0 Å². The number of amides is 1. The fourth-order valence-electron chi connectivity index (χ4n) is 3.23. The highest BCUT2D eigenvalue weighted by Gasteiger charge is 2.24. The van der Waals surface area contributed by atoms with Crippen LogP contribution in [0.2, 0.25) is 0 Å². The zero-order valence-corrected chi connectivity index (χ0v) is 14.0. The van der Waals surface area contributed by atoms with Crippen molar-refractivity contribution in [2.75, 3.05) is 59.0 Å². The van der Waals surface area contributed by atoms with Crippen LogP contribution in [0.25, 0.3) is 0 Å². The van der Waals surface area contributed by atoms with E-state index >= 15 is 0 Å². The molecule has 1 atom stereocenters. The van der Waals surface area contributed by atoms with Crippen LogP contribution in [0.3, 0.4) is 0 Å². The van der Waals surface area contributed by atoms with Crippen molar-refractivity contribution in [2.45, 2.75) is 32.8 Å². The minimum absolute atomic E-state index is 0.217. The highest BCUT2D eigenvalue weighted by molar-refractivity contribution is 5.67. The van der Waals surface area contributed by atoms with Crippen molar-refractivity contribution in [3.05, 3.63) is 0 Å². The minimum atomic E-state index is -0.303. The van der Waals surface area contributed by atoms with Gasteiger partial charge in [0.15, 0.2) is 0 Å². The van der Waals surface area contributed by atoms with E-state index < -0.39 is 0 Å². The van der Waals surface area contributed by atoms with E-state index in [9.17, 15) is 9.90 Å². The van der Waals surface area contributed by atoms with Crippen molar-refractivity contribution in [1.29, 1.82) is 0 Å². The predicted molar refractivity (Wildman–Crippen MR) is 85.9 cm³/mol. The summed E-state index contributed by atoms with van der Waals surface area (Å²) >= 11 is 0.